The van der Waals surface area contributed by atoms with Crippen LogP contribution in [0.25, 0.3) is 0 Å². The highest BCUT2D eigenvalue weighted by atomic mass is 35.5. The van der Waals surface area contributed by atoms with Crippen molar-refractivity contribution in [2.75, 3.05) is 0 Å². The van der Waals surface area contributed by atoms with E-state index in [1.807, 2.05) is 0 Å². The average Bonchev–Trinajstić information content (AvgIpc) is 2.17. The highest BCUT2D eigenvalue weighted by molar-refractivity contribution is 6.17. The lowest BCUT2D eigenvalue weighted by atomic mass is 10.0. The molecule has 0 aromatic heterocycles. The fourth-order valence-electron chi connectivity index (χ4n) is 1.09. The van der Waals surface area contributed by atoms with Gasteiger partial charge in [0, 0.05) is 11.4 Å². The van der Waals surface area contributed by atoms with Crippen molar-refractivity contribution in [1.82, 2.24) is 0 Å². The zero-order valence-electron chi connectivity index (χ0n) is 7.14. The minimum absolute atomic E-state index is 0.0202. The summed E-state index contributed by atoms with van der Waals surface area (Å²) in [5, 5.41) is 27.1. The van der Waals surface area contributed by atoms with Crippen LogP contribution in [-0.4, -0.2) is 21.3 Å². The molecular formula is C9H9ClO4. The van der Waals surface area contributed by atoms with E-state index in [1.165, 1.54) is 18.2 Å². The standard InChI is InChI=1S/C9H9ClO4/c10-5-6-3-1-2-4-7(6)9(13,14)8(11)12/h1-4,13-14H,5H2,(H,11,12). The fourth-order valence-corrected chi connectivity index (χ4v) is 1.33. The second kappa shape index (κ2) is 3.96. The number of aliphatic carboxylic acids is 1. The average molecular weight is 217 g/mol. The van der Waals surface area contributed by atoms with Crippen LogP contribution >= 0.6 is 11.6 Å². The van der Waals surface area contributed by atoms with Crippen LogP contribution in [0.1, 0.15) is 11.1 Å². The lowest BCUT2D eigenvalue weighted by molar-refractivity contribution is -0.208. The first-order valence-corrected chi connectivity index (χ1v) is 4.36. The van der Waals surface area contributed by atoms with Crippen molar-refractivity contribution in [1.29, 1.82) is 0 Å². The maximum atomic E-state index is 10.5. The summed E-state index contributed by atoms with van der Waals surface area (Å²) in [5.74, 6) is -4.59. The molecule has 0 saturated carbocycles. The number of carbonyl (C=O) groups is 1. The van der Waals surface area contributed by atoms with Crippen molar-refractivity contribution in [2.24, 2.45) is 0 Å². The number of rotatable bonds is 3. The van der Waals surface area contributed by atoms with Gasteiger partial charge in [-0.15, -0.1) is 11.6 Å². The largest absolute Gasteiger partial charge is 0.477 e. The number of hydrogen-bond acceptors (Lipinski definition) is 3. The van der Waals surface area contributed by atoms with Gasteiger partial charge in [-0.25, -0.2) is 4.79 Å². The molecule has 0 heterocycles. The van der Waals surface area contributed by atoms with Gasteiger partial charge in [0.05, 0.1) is 0 Å². The molecule has 0 aliphatic heterocycles. The van der Waals surface area contributed by atoms with Gasteiger partial charge in [0.15, 0.2) is 0 Å². The van der Waals surface area contributed by atoms with Crippen LogP contribution in [-0.2, 0) is 16.5 Å². The molecule has 0 saturated heterocycles. The Labute approximate surface area is 85.4 Å². The molecule has 0 aliphatic rings. The van der Waals surface area contributed by atoms with Crippen LogP contribution in [0.4, 0.5) is 0 Å². The molecule has 14 heavy (non-hydrogen) atoms. The third-order valence-corrected chi connectivity index (χ3v) is 2.12. The molecule has 1 aromatic rings. The normalized spacial score (nSPS) is 11.4. The predicted molar refractivity (Wildman–Crippen MR) is 49.8 cm³/mol. The first kappa shape index (κ1) is 11.0. The van der Waals surface area contributed by atoms with Crippen LogP contribution < -0.4 is 0 Å². The number of carboxylic acid groups (broad SMARTS) is 1. The molecule has 3 N–H and O–H groups in total. The summed E-state index contributed by atoms with van der Waals surface area (Å²) >= 11 is 5.53. The first-order valence-electron chi connectivity index (χ1n) is 3.82. The van der Waals surface area contributed by atoms with Crippen LogP contribution in [0, 0.1) is 0 Å². The highest BCUT2D eigenvalue weighted by Crippen LogP contribution is 2.23. The topological polar surface area (TPSA) is 77.8 Å². The fraction of sp³-hybridized carbons (Fsp3) is 0.222. The van der Waals surface area contributed by atoms with Crippen molar-refractivity contribution < 1.29 is 20.1 Å². The van der Waals surface area contributed by atoms with Crippen LogP contribution in [0.15, 0.2) is 24.3 Å². The van der Waals surface area contributed by atoms with E-state index in [4.69, 9.17) is 16.7 Å². The summed E-state index contributed by atoms with van der Waals surface area (Å²) in [7, 11) is 0. The van der Waals surface area contributed by atoms with Gasteiger partial charge in [-0.05, 0) is 5.56 Å². The molecule has 0 fully saturated rings. The minimum Gasteiger partial charge on any atom is -0.477 e. The lowest BCUT2D eigenvalue weighted by Crippen LogP contribution is -2.36. The van der Waals surface area contributed by atoms with Gasteiger partial charge in [-0.2, -0.15) is 0 Å². The van der Waals surface area contributed by atoms with E-state index >= 15 is 0 Å². The number of carboxylic acids is 1. The Morgan fingerprint density at radius 2 is 1.93 bits per heavy atom. The summed E-state index contributed by atoms with van der Waals surface area (Å²) in [5.41, 5.74) is 0.268. The Morgan fingerprint density at radius 1 is 1.36 bits per heavy atom. The predicted octanol–water partition coefficient (Wildman–Crippen LogP) is 0.647. The monoisotopic (exact) mass is 216 g/mol. The van der Waals surface area contributed by atoms with E-state index in [0.29, 0.717) is 5.56 Å². The molecule has 0 radical (unpaired) electrons. The van der Waals surface area contributed by atoms with Crippen molar-refractivity contribution >= 4 is 17.6 Å². The quantitative estimate of drug-likeness (QED) is 0.512. The first-order chi connectivity index (χ1) is 6.50. The molecule has 0 atom stereocenters. The highest BCUT2D eigenvalue weighted by Gasteiger charge is 2.36. The molecule has 76 valence electrons. The van der Waals surface area contributed by atoms with Gasteiger partial charge in [0.1, 0.15) is 0 Å². The Hall–Kier alpha value is -1.10. The van der Waals surface area contributed by atoms with Crippen molar-refractivity contribution in [3.05, 3.63) is 35.4 Å². The molecule has 4 nitrogen and oxygen atoms in total. The van der Waals surface area contributed by atoms with Crippen molar-refractivity contribution in [2.45, 2.75) is 11.7 Å². The summed E-state index contributed by atoms with van der Waals surface area (Å²) in [6, 6.07) is 5.99. The van der Waals surface area contributed by atoms with E-state index in [1.54, 1.807) is 6.07 Å². The van der Waals surface area contributed by atoms with E-state index < -0.39 is 11.8 Å². The molecule has 0 aliphatic carbocycles. The van der Waals surface area contributed by atoms with Crippen LogP contribution in [0.5, 0.6) is 0 Å². The van der Waals surface area contributed by atoms with Crippen molar-refractivity contribution in [3.63, 3.8) is 0 Å². The Kier molecular flexibility index (Phi) is 3.10. The van der Waals surface area contributed by atoms with Crippen LogP contribution in [0.2, 0.25) is 0 Å². The number of alkyl halides is 1. The van der Waals surface area contributed by atoms with Gasteiger partial charge in [0.2, 0.25) is 0 Å². The molecular weight excluding hydrogens is 208 g/mol. The zero-order chi connectivity index (χ0) is 10.8. The number of aliphatic hydroxyl groups is 2. The summed E-state index contributed by atoms with van der Waals surface area (Å²) in [4.78, 5) is 10.5. The molecule has 0 bridgehead atoms. The summed E-state index contributed by atoms with van der Waals surface area (Å²) in [6.45, 7) is 0. The minimum atomic E-state index is -2.88. The number of benzene rings is 1. The van der Waals surface area contributed by atoms with E-state index in [0.717, 1.165) is 0 Å². The second-order valence-corrected chi connectivity index (χ2v) is 3.04. The molecule has 0 spiro atoms. The second-order valence-electron chi connectivity index (χ2n) is 2.77. The van der Waals surface area contributed by atoms with Gasteiger partial charge in [-0.1, -0.05) is 24.3 Å². The Morgan fingerprint density at radius 3 is 2.43 bits per heavy atom. The summed E-state index contributed by atoms with van der Waals surface area (Å²) in [6.07, 6.45) is 0. The van der Waals surface area contributed by atoms with E-state index in [2.05, 4.69) is 0 Å². The molecule has 0 amide bonds. The molecule has 5 heteroatoms. The number of hydrogen-bond donors (Lipinski definition) is 3. The third-order valence-electron chi connectivity index (χ3n) is 1.84. The SMILES string of the molecule is O=C(O)C(O)(O)c1ccccc1CCl. The maximum absolute atomic E-state index is 10.5. The van der Waals surface area contributed by atoms with E-state index in [9.17, 15) is 15.0 Å². The Bertz CT molecular complexity index is 348. The van der Waals surface area contributed by atoms with Gasteiger partial charge in [0.25, 0.3) is 5.79 Å². The summed E-state index contributed by atoms with van der Waals surface area (Å²) < 4.78 is 0. The molecule has 1 aromatic carbocycles. The maximum Gasteiger partial charge on any atom is 0.369 e. The van der Waals surface area contributed by atoms with Gasteiger partial charge >= 0.3 is 5.97 Å². The third kappa shape index (κ3) is 1.87. The van der Waals surface area contributed by atoms with Crippen molar-refractivity contribution in [3.8, 4) is 0 Å². The number of halogens is 1. The molecule has 1 rings (SSSR count). The zero-order valence-corrected chi connectivity index (χ0v) is 7.90. The van der Waals surface area contributed by atoms with Gasteiger partial charge in [-0.3, -0.25) is 0 Å². The van der Waals surface area contributed by atoms with Crippen LogP contribution in [0.3, 0.4) is 0 Å². The smallest absolute Gasteiger partial charge is 0.369 e. The molecule has 0 unspecified atom stereocenters. The lowest BCUT2D eigenvalue weighted by Gasteiger charge is -2.19. The van der Waals surface area contributed by atoms with Gasteiger partial charge < -0.3 is 15.3 Å². The Balaban J connectivity index is 3.24. The van der Waals surface area contributed by atoms with E-state index in [-0.39, 0.29) is 11.4 Å².